The summed E-state index contributed by atoms with van der Waals surface area (Å²) in [5.74, 6) is 0. The molecule has 112 valence electrons. The first kappa shape index (κ1) is 14.8. The fraction of sp³-hybridized carbons (Fsp3) is 0. The molecule has 0 aliphatic heterocycles. The lowest BCUT2D eigenvalue weighted by Gasteiger charge is -2.09. The van der Waals surface area contributed by atoms with Crippen molar-refractivity contribution in [2.75, 3.05) is 0 Å². The summed E-state index contributed by atoms with van der Waals surface area (Å²) in [4.78, 5) is 11.0. The number of aromatic nitrogens is 2. The van der Waals surface area contributed by atoms with Crippen molar-refractivity contribution in [3.05, 3.63) is 71.0 Å². The van der Waals surface area contributed by atoms with Crippen molar-refractivity contribution in [1.29, 1.82) is 0 Å². The molecule has 2 aromatic heterocycles. The predicted molar refractivity (Wildman–Crippen MR) is 97.6 cm³/mol. The standard InChI is InChI=1S/C18H10Cl2N2S/c19-11-1-3-15-13(9-11)17(5-7-21-15)23-18-6-8-22-16-4-2-12(20)10-14(16)18/h1-10H. The number of nitrogens with zero attached hydrogens (tertiary/aromatic N) is 2. The van der Waals surface area contributed by atoms with E-state index in [9.17, 15) is 0 Å². The molecule has 0 N–H and O–H groups in total. The smallest absolute Gasteiger partial charge is 0.0714 e. The highest BCUT2D eigenvalue weighted by molar-refractivity contribution is 7.99. The van der Waals surface area contributed by atoms with Gasteiger partial charge >= 0.3 is 0 Å². The van der Waals surface area contributed by atoms with Gasteiger partial charge in [-0.05, 0) is 48.5 Å². The minimum Gasteiger partial charge on any atom is -0.256 e. The van der Waals surface area contributed by atoms with Crippen molar-refractivity contribution in [2.45, 2.75) is 9.79 Å². The molecule has 4 rings (SSSR count). The van der Waals surface area contributed by atoms with E-state index in [0.29, 0.717) is 10.0 Å². The lowest BCUT2D eigenvalue weighted by molar-refractivity contribution is 1.33. The molecule has 0 unspecified atom stereocenters. The molecule has 0 radical (unpaired) electrons. The number of pyridine rings is 2. The zero-order valence-corrected chi connectivity index (χ0v) is 14.2. The Bertz CT molecular complexity index is 951. The zero-order valence-electron chi connectivity index (χ0n) is 11.8. The summed E-state index contributed by atoms with van der Waals surface area (Å²) in [6.07, 6.45) is 3.63. The Balaban J connectivity index is 1.88. The first-order valence-corrected chi connectivity index (χ1v) is 8.54. The normalized spacial score (nSPS) is 11.2. The number of hydrogen-bond acceptors (Lipinski definition) is 3. The van der Waals surface area contributed by atoms with Crippen molar-refractivity contribution >= 4 is 56.8 Å². The van der Waals surface area contributed by atoms with E-state index in [0.717, 1.165) is 31.6 Å². The highest BCUT2D eigenvalue weighted by atomic mass is 35.5. The Labute approximate surface area is 147 Å². The summed E-state index contributed by atoms with van der Waals surface area (Å²) in [7, 11) is 0. The van der Waals surface area contributed by atoms with Gasteiger partial charge in [0.15, 0.2) is 0 Å². The molecule has 0 aliphatic rings. The SMILES string of the molecule is Clc1ccc2nccc(Sc3ccnc4ccc(Cl)cc34)c2c1. The highest BCUT2D eigenvalue weighted by Gasteiger charge is 2.08. The van der Waals surface area contributed by atoms with Crippen molar-refractivity contribution < 1.29 is 0 Å². The van der Waals surface area contributed by atoms with Crippen LogP contribution in [0.3, 0.4) is 0 Å². The Morgan fingerprint density at radius 1 is 0.652 bits per heavy atom. The second-order valence-electron chi connectivity index (χ2n) is 5.04. The molecule has 2 aromatic carbocycles. The third kappa shape index (κ3) is 2.88. The first-order valence-electron chi connectivity index (χ1n) is 6.97. The Morgan fingerprint density at radius 2 is 1.13 bits per heavy atom. The van der Waals surface area contributed by atoms with E-state index in [4.69, 9.17) is 23.2 Å². The molecule has 4 aromatic rings. The highest BCUT2D eigenvalue weighted by Crippen LogP contribution is 2.37. The van der Waals surface area contributed by atoms with E-state index < -0.39 is 0 Å². The van der Waals surface area contributed by atoms with Crippen LogP contribution >= 0.6 is 35.0 Å². The van der Waals surface area contributed by atoms with Gasteiger partial charge in [0.05, 0.1) is 11.0 Å². The summed E-state index contributed by atoms with van der Waals surface area (Å²) in [6.45, 7) is 0. The molecule has 0 atom stereocenters. The molecule has 0 saturated carbocycles. The van der Waals surface area contributed by atoms with E-state index in [-0.39, 0.29) is 0 Å². The number of halogens is 2. The van der Waals surface area contributed by atoms with Crippen LogP contribution in [0, 0.1) is 0 Å². The molecule has 0 bridgehead atoms. The zero-order chi connectivity index (χ0) is 15.8. The van der Waals surface area contributed by atoms with Gasteiger partial charge in [-0.2, -0.15) is 0 Å². The van der Waals surface area contributed by atoms with Crippen LogP contribution in [0.1, 0.15) is 0 Å². The van der Waals surface area contributed by atoms with Crippen LogP contribution in [0.2, 0.25) is 10.0 Å². The molecule has 0 spiro atoms. The monoisotopic (exact) mass is 356 g/mol. The van der Waals surface area contributed by atoms with E-state index in [1.165, 1.54) is 0 Å². The number of fused-ring (bicyclic) bond motifs is 2. The fourth-order valence-corrected chi connectivity index (χ4v) is 3.87. The maximum atomic E-state index is 6.14. The van der Waals surface area contributed by atoms with Crippen molar-refractivity contribution in [3.63, 3.8) is 0 Å². The van der Waals surface area contributed by atoms with E-state index in [2.05, 4.69) is 9.97 Å². The largest absolute Gasteiger partial charge is 0.256 e. The molecule has 0 aliphatic carbocycles. The van der Waals surface area contributed by atoms with Crippen LogP contribution in [0.15, 0.2) is 70.7 Å². The van der Waals surface area contributed by atoms with Gasteiger partial charge in [0.2, 0.25) is 0 Å². The Hall–Kier alpha value is -1.81. The molecule has 2 nitrogen and oxygen atoms in total. The number of benzene rings is 2. The molecular formula is C18H10Cl2N2S. The summed E-state index contributed by atoms with van der Waals surface area (Å²) in [5.41, 5.74) is 1.85. The third-order valence-electron chi connectivity index (χ3n) is 3.55. The van der Waals surface area contributed by atoms with Gasteiger partial charge in [0, 0.05) is 43.0 Å². The Morgan fingerprint density at radius 3 is 1.61 bits per heavy atom. The van der Waals surface area contributed by atoms with Gasteiger partial charge in [0.1, 0.15) is 0 Å². The topological polar surface area (TPSA) is 25.8 Å². The second kappa shape index (κ2) is 6.00. The van der Waals surface area contributed by atoms with Crippen LogP contribution in [-0.2, 0) is 0 Å². The molecule has 0 amide bonds. The van der Waals surface area contributed by atoms with Gasteiger partial charge in [-0.15, -0.1) is 0 Å². The summed E-state index contributed by atoms with van der Waals surface area (Å²) >= 11 is 14.0. The van der Waals surface area contributed by atoms with Gasteiger partial charge in [-0.3, -0.25) is 9.97 Å². The predicted octanol–water partition coefficient (Wildman–Crippen LogP) is 6.24. The molecule has 5 heteroatoms. The summed E-state index contributed by atoms with van der Waals surface area (Å²) in [6, 6.07) is 15.5. The second-order valence-corrected chi connectivity index (χ2v) is 7.00. The lowest BCUT2D eigenvalue weighted by Crippen LogP contribution is -1.85. The van der Waals surface area contributed by atoms with E-state index in [1.807, 2.05) is 60.9 Å². The van der Waals surface area contributed by atoms with Crippen LogP contribution < -0.4 is 0 Å². The average Bonchev–Trinajstić information content (AvgIpc) is 2.56. The minimum atomic E-state index is 0.704. The fourth-order valence-electron chi connectivity index (χ4n) is 2.48. The third-order valence-corrected chi connectivity index (χ3v) is 5.17. The van der Waals surface area contributed by atoms with Gasteiger partial charge in [-0.1, -0.05) is 35.0 Å². The van der Waals surface area contributed by atoms with Crippen LogP contribution in [0.25, 0.3) is 21.8 Å². The van der Waals surface area contributed by atoms with Crippen molar-refractivity contribution in [2.24, 2.45) is 0 Å². The van der Waals surface area contributed by atoms with Crippen LogP contribution in [0.4, 0.5) is 0 Å². The molecule has 23 heavy (non-hydrogen) atoms. The summed E-state index contributed by atoms with van der Waals surface area (Å²) < 4.78 is 0. The lowest BCUT2D eigenvalue weighted by atomic mass is 10.2. The average molecular weight is 357 g/mol. The van der Waals surface area contributed by atoms with Gasteiger partial charge in [0.25, 0.3) is 0 Å². The first-order chi connectivity index (χ1) is 11.2. The van der Waals surface area contributed by atoms with Crippen LogP contribution in [0.5, 0.6) is 0 Å². The van der Waals surface area contributed by atoms with Gasteiger partial charge in [-0.25, -0.2) is 0 Å². The molecular weight excluding hydrogens is 347 g/mol. The minimum absolute atomic E-state index is 0.704. The van der Waals surface area contributed by atoms with Crippen molar-refractivity contribution in [3.8, 4) is 0 Å². The van der Waals surface area contributed by atoms with Crippen LogP contribution in [-0.4, -0.2) is 9.97 Å². The molecule has 0 fully saturated rings. The quantitative estimate of drug-likeness (QED) is 0.425. The maximum absolute atomic E-state index is 6.14. The van der Waals surface area contributed by atoms with E-state index in [1.54, 1.807) is 11.8 Å². The number of rotatable bonds is 2. The number of hydrogen-bond donors (Lipinski definition) is 0. The van der Waals surface area contributed by atoms with E-state index >= 15 is 0 Å². The Kier molecular flexibility index (Phi) is 3.85. The molecule has 0 saturated heterocycles. The maximum Gasteiger partial charge on any atom is 0.0714 e. The molecule has 2 heterocycles. The van der Waals surface area contributed by atoms with Gasteiger partial charge < -0.3 is 0 Å². The van der Waals surface area contributed by atoms with Crippen molar-refractivity contribution in [1.82, 2.24) is 9.97 Å². The summed E-state index contributed by atoms with van der Waals surface area (Å²) in [5, 5.41) is 3.49.